The lowest BCUT2D eigenvalue weighted by molar-refractivity contribution is -0.145. The van der Waals surface area contributed by atoms with Crippen molar-refractivity contribution in [1.29, 1.82) is 0 Å². The molecule has 0 N–H and O–H groups in total. The molecule has 1 rings (SSSR count). The monoisotopic (exact) mass is 752 g/mol. The SMILES string of the molecule is C#CCCOC(=O)CCN(CCCCN1C[C@H](C)N(CCCCN(CCC(=O)OCCC#C)CCC(=O)OCCC#C)CC1C)CCC(=O)OCCC#C. The van der Waals surface area contributed by atoms with Gasteiger partial charge in [-0.25, -0.2) is 0 Å². The Bertz CT molecular complexity index is 1090. The van der Waals surface area contributed by atoms with Crippen LogP contribution in [0.4, 0.5) is 0 Å². The number of carbonyl (C=O) groups is 4. The van der Waals surface area contributed by atoms with E-state index in [1.54, 1.807) is 0 Å². The molecule has 0 radical (unpaired) electrons. The predicted molar refractivity (Wildman–Crippen MR) is 210 cm³/mol. The van der Waals surface area contributed by atoms with Gasteiger partial charge in [-0.15, -0.1) is 49.4 Å². The van der Waals surface area contributed by atoms with Crippen molar-refractivity contribution in [2.45, 2.75) is 103 Å². The Morgan fingerprint density at radius 2 is 0.778 bits per heavy atom. The molecule has 12 nitrogen and oxygen atoms in total. The van der Waals surface area contributed by atoms with E-state index < -0.39 is 0 Å². The molecule has 1 aliphatic rings. The van der Waals surface area contributed by atoms with E-state index in [-0.39, 0.29) is 76.0 Å². The van der Waals surface area contributed by atoms with Gasteiger partial charge in [-0.05, 0) is 65.7 Å². The lowest BCUT2D eigenvalue weighted by Crippen LogP contribution is -2.56. The summed E-state index contributed by atoms with van der Waals surface area (Å²) in [5.74, 6) is 8.65. The molecule has 2 atom stereocenters. The Balaban J connectivity index is 2.53. The smallest absolute Gasteiger partial charge is 0.307 e. The number of hydrogen-bond donors (Lipinski definition) is 0. The van der Waals surface area contributed by atoms with Crippen LogP contribution in [-0.2, 0) is 38.1 Å². The van der Waals surface area contributed by atoms with Gasteiger partial charge < -0.3 is 28.7 Å². The molecule has 0 amide bonds. The van der Waals surface area contributed by atoms with Gasteiger partial charge in [0.05, 0.1) is 25.7 Å². The van der Waals surface area contributed by atoms with Gasteiger partial charge in [-0.2, -0.15) is 0 Å². The van der Waals surface area contributed by atoms with E-state index in [0.717, 1.165) is 65.0 Å². The van der Waals surface area contributed by atoms with Crippen LogP contribution in [0.5, 0.6) is 0 Å². The minimum Gasteiger partial charge on any atom is -0.465 e. The Morgan fingerprint density at radius 1 is 0.500 bits per heavy atom. The van der Waals surface area contributed by atoms with Gasteiger partial charge in [0.2, 0.25) is 0 Å². The van der Waals surface area contributed by atoms with E-state index >= 15 is 0 Å². The average Bonchev–Trinajstić information content (AvgIpc) is 3.15. The molecular formula is C42H64N4O8. The highest BCUT2D eigenvalue weighted by atomic mass is 16.5. The quantitative estimate of drug-likeness (QED) is 0.0464. The third kappa shape index (κ3) is 24.3. The largest absolute Gasteiger partial charge is 0.465 e. The van der Waals surface area contributed by atoms with Gasteiger partial charge in [0.25, 0.3) is 0 Å². The summed E-state index contributed by atoms with van der Waals surface area (Å²) < 4.78 is 20.8. The van der Waals surface area contributed by atoms with E-state index in [2.05, 4.69) is 57.1 Å². The van der Waals surface area contributed by atoms with Crippen LogP contribution in [0, 0.1) is 49.4 Å². The van der Waals surface area contributed by atoms with Crippen molar-refractivity contribution < 1.29 is 38.1 Å². The number of terminal acetylenes is 4. The summed E-state index contributed by atoms with van der Waals surface area (Å²) in [7, 11) is 0. The molecule has 1 aliphatic heterocycles. The van der Waals surface area contributed by atoms with Crippen LogP contribution in [0.3, 0.4) is 0 Å². The zero-order valence-corrected chi connectivity index (χ0v) is 32.9. The first kappa shape index (κ1) is 48.0. The van der Waals surface area contributed by atoms with Crippen molar-refractivity contribution in [3.8, 4) is 49.4 Å². The van der Waals surface area contributed by atoms with E-state index in [9.17, 15) is 19.2 Å². The fourth-order valence-electron chi connectivity index (χ4n) is 6.05. The molecule has 1 heterocycles. The second-order valence-corrected chi connectivity index (χ2v) is 13.5. The number of rotatable bonds is 30. The third-order valence-electron chi connectivity index (χ3n) is 9.15. The maximum Gasteiger partial charge on any atom is 0.307 e. The molecule has 0 spiro atoms. The van der Waals surface area contributed by atoms with Crippen LogP contribution in [0.15, 0.2) is 0 Å². The predicted octanol–water partition coefficient (Wildman–Crippen LogP) is 3.37. The van der Waals surface area contributed by atoms with E-state index in [4.69, 9.17) is 44.6 Å². The van der Waals surface area contributed by atoms with E-state index in [1.165, 1.54) is 0 Å². The number of unbranched alkanes of at least 4 members (excludes halogenated alkanes) is 2. The lowest BCUT2D eigenvalue weighted by Gasteiger charge is -2.44. The summed E-state index contributed by atoms with van der Waals surface area (Å²) in [5, 5.41) is 0. The molecule has 0 aromatic heterocycles. The van der Waals surface area contributed by atoms with Gasteiger partial charge in [0.15, 0.2) is 0 Å². The molecule has 0 aromatic carbocycles. The van der Waals surface area contributed by atoms with Crippen LogP contribution >= 0.6 is 0 Å². The first-order valence-corrected chi connectivity index (χ1v) is 19.4. The van der Waals surface area contributed by atoms with Crippen LogP contribution in [0.25, 0.3) is 0 Å². The van der Waals surface area contributed by atoms with Crippen molar-refractivity contribution in [1.82, 2.24) is 19.6 Å². The molecule has 1 unspecified atom stereocenters. The fourth-order valence-corrected chi connectivity index (χ4v) is 6.05. The number of carbonyl (C=O) groups excluding carboxylic acids is 4. The minimum absolute atomic E-state index is 0.210. The molecule has 0 aliphatic carbocycles. The maximum absolute atomic E-state index is 12.2. The average molecular weight is 753 g/mol. The van der Waals surface area contributed by atoms with Crippen LogP contribution in [0.2, 0.25) is 0 Å². The Labute approximate surface area is 325 Å². The molecule has 300 valence electrons. The first-order chi connectivity index (χ1) is 26.1. The van der Waals surface area contributed by atoms with Gasteiger partial charge in [0.1, 0.15) is 26.4 Å². The highest BCUT2D eigenvalue weighted by Crippen LogP contribution is 2.17. The Hall–Kier alpha value is -4.04. The second-order valence-electron chi connectivity index (χ2n) is 13.5. The molecule has 12 heteroatoms. The number of ether oxygens (including phenoxy) is 4. The first-order valence-electron chi connectivity index (χ1n) is 19.4. The van der Waals surface area contributed by atoms with E-state index in [0.29, 0.717) is 63.9 Å². The summed E-state index contributed by atoms with van der Waals surface area (Å²) in [6.45, 7) is 12.8. The highest BCUT2D eigenvalue weighted by Gasteiger charge is 2.28. The Kier molecular flexibility index (Phi) is 27.8. The summed E-state index contributed by atoms with van der Waals surface area (Å²) in [5.41, 5.74) is 0. The molecule has 0 aromatic rings. The number of nitrogens with zero attached hydrogens (tertiary/aromatic N) is 4. The Morgan fingerprint density at radius 3 is 1.04 bits per heavy atom. The molecule has 0 bridgehead atoms. The van der Waals surface area contributed by atoms with Gasteiger partial charge in [0, 0.05) is 77.0 Å². The van der Waals surface area contributed by atoms with Crippen molar-refractivity contribution in [2.75, 3.05) is 91.9 Å². The number of piperazine rings is 1. The zero-order chi connectivity index (χ0) is 39.8. The molecule has 0 saturated carbocycles. The maximum atomic E-state index is 12.2. The van der Waals surface area contributed by atoms with Crippen molar-refractivity contribution in [3.63, 3.8) is 0 Å². The van der Waals surface area contributed by atoms with Crippen molar-refractivity contribution in [3.05, 3.63) is 0 Å². The van der Waals surface area contributed by atoms with Crippen LogP contribution < -0.4 is 0 Å². The molecule has 1 saturated heterocycles. The zero-order valence-electron chi connectivity index (χ0n) is 32.9. The topological polar surface area (TPSA) is 118 Å². The van der Waals surface area contributed by atoms with Crippen molar-refractivity contribution >= 4 is 23.9 Å². The summed E-state index contributed by atoms with van der Waals surface area (Å²) in [6.07, 6.45) is 27.3. The van der Waals surface area contributed by atoms with Crippen LogP contribution in [0.1, 0.15) is 90.9 Å². The van der Waals surface area contributed by atoms with E-state index in [1.807, 2.05) is 0 Å². The second kappa shape index (κ2) is 31.3. The van der Waals surface area contributed by atoms with Gasteiger partial charge >= 0.3 is 23.9 Å². The van der Waals surface area contributed by atoms with Gasteiger partial charge in [-0.3, -0.25) is 29.0 Å². The fraction of sp³-hybridized carbons (Fsp3) is 0.714. The summed E-state index contributed by atoms with van der Waals surface area (Å²) in [4.78, 5) is 58.0. The standard InChI is InChI=1S/C42H64N4O8/c1-7-11-31-51-39(47)19-27-43(28-20-40(48)52-32-12-8-2)23-15-17-25-45-35-38(6)46(36-37(45)5)26-18-16-24-44(29-21-41(49)53-33-13-9-3)30-22-42(50)54-34-14-10-4/h1-4,37-38H,11-36H2,5-6H3/t37-,38?/m0/s1. The minimum atomic E-state index is -0.297. The molecular weight excluding hydrogens is 688 g/mol. The number of hydrogen-bond acceptors (Lipinski definition) is 12. The normalized spacial score (nSPS) is 15.8. The molecule has 1 fully saturated rings. The molecule has 54 heavy (non-hydrogen) atoms. The third-order valence-corrected chi connectivity index (χ3v) is 9.15. The summed E-state index contributed by atoms with van der Waals surface area (Å²) >= 11 is 0. The van der Waals surface area contributed by atoms with Crippen molar-refractivity contribution in [2.24, 2.45) is 0 Å². The highest BCUT2D eigenvalue weighted by molar-refractivity contribution is 5.71. The lowest BCUT2D eigenvalue weighted by atomic mass is 10.1. The summed E-state index contributed by atoms with van der Waals surface area (Å²) in [6, 6.07) is 0.815. The van der Waals surface area contributed by atoms with Crippen LogP contribution in [-0.4, -0.2) is 147 Å². The number of esters is 4. The van der Waals surface area contributed by atoms with Gasteiger partial charge in [-0.1, -0.05) is 0 Å².